The van der Waals surface area contributed by atoms with Crippen molar-refractivity contribution in [3.8, 4) is 11.1 Å². The van der Waals surface area contributed by atoms with E-state index in [4.69, 9.17) is 9.72 Å². The van der Waals surface area contributed by atoms with E-state index in [9.17, 15) is 13.2 Å². The first-order valence-electron chi connectivity index (χ1n) is 11.6. The van der Waals surface area contributed by atoms with Crippen molar-refractivity contribution in [1.29, 1.82) is 0 Å². The molecule has 5 rings (SSSR count). The van der Waals surface area contributed by atoms with Gasteiger partial charge in [-0.25, -0.2) is 17.7 Å². The largest absolute Gasteiger partial charge is 0.381 e. The van der Waals surface area contributed by atoms with Crippen LogP contribution in [0.5, 0.6) is 0 Å². The number of hydrogen-bond donors (Lipinski definition) is 1. The second-order valence-electron chi connectivity index (χ2n) is 9.12. The third-order valence-electron chi connectivity index (χ3n) is 6.72. The topological polar surface area (TPSA) is 106 Å². The Balaban J connectivity index is 1.57. The van der Waals surface area contributed by atoms with Gasteiger partial charge in [0.05, 0.1) is 6.26 Å². The standard InChI is InChI=1S/C24H29N5O4S/c1-16-5-3-4-6-20(16)21-13-17-14-25-24(26-18-7-10-28(15-18)34(2,31)32)27-22(17)29(23(21)30)19-8-11-33-12-9-19/h3-6,13-14,18-19H,7-12,15H2,1-2H3,(H,25,26,27). The van der Waals surface area contributed by atoms with E-state index < -0.39 is 10.0 Å². The smallest absolute Gasteiger partial charge is 0.260 e. The first-order valence-corrected chi connectivity index (χ1v) is 13.4. The third kappa shape index (κ3) is 4.45. The van der Waals surface area contributed by atoms with Crippen LogP contribution >= 0.6 is 0 Å². The van der Waals surface area contributed by atoms with E-state index in [1.807, 2.05) is 41.8 Å². The molecule has 34 heavy (non-hydrogen) atoms. The number of rotatable bonds is 5. The van der Waals surface area contributed by atoms with Crippen LogP contribution in [0.3, 0.4) is 0 Å². The summed E-state index contributed by atoms with van der Waals surface area (Å²) in [6.45, 7) is 4.05. The summed E-state index contributed by atoms with van der Waals surface area (Å²) in [6.07, 6.45) is 5.12. The lowest BCUT2D eigenvalue weighted by molar-refractivity contribution is 0.0697. The van der Waals surface area contributed by atoms with E-state index in [-0.39, 0.29) is 17.6 Å². The highest BCUT2D eigenvalue weighted by atomic mass is 32.2. The fourth-order valence-electron chi connectivity index (χ4n) is 4.87. The first-order chi connectivity index (χ1) is 16.3. The van der Waals surface area contributed by atoms with Crippen LogP contribution in [0, 0.1) is 6.92 Å². The lowest BCUT2D eigenvalue weighted by Gasteiger charge is -2.26. The third-order valence-corrected chi connectivity index (χ3v) is 7.99. The highest BCUT2D eigenvalue weighted by molar-refractivity contribution is 7.88. The minimum absolute atomic E-state index is 0.0114. The highest BCUT2D eigenvalue weighted by Crippen LogP contribution is 2.28. The van der Waals surface area contributed by atoms with Gasteiger partial charge >= 0.3 is 0 Å². The van der Waals surface area contributed by atoms with Crippen molar-refractivity contribution in [2.45, 2.75) is 38.3 Å². The molecule has 0 bridgehead atoms. The van der Waals surface area contributed by atoms with Crippen molar-refractivity contribution in [2.24, 2.45) is 0 Å². The molecular formula is C24H29N5O4S. The number of sulfonamides is 1. The van der Waals surface area contributed by atoms with Crippen molar-refractivity contribution < 1.29 is 13.2 Å². The Hall–Kier alpha value is -2.82. The average Bonchev–Trinajstić information content (AvgIpc) is 3.29. The minimum atomic E-state index is -3.23. The second-order valence-corrected chi connectivity index (χ2v) is 11.1. The minimum Gasteiger partial charge on any atom is -0.381 e. The summed E-state index contributed by atoms with van der Waals surface area (Å²) in [6, 6.07) is 9.66. The molecule has 0 amide bonds. The number of aryl methyl sites for hydroxylation is 1. The number of pyridine rings is 1. The summed E-state index contributed by atoms with van der Waals surface area (Å²) in [7, 11) is -3.23. The SMILES string of the molecule is Cc1ccccc1-c1cc2cnc(NC3CCN(S(C)(=O)=O)C3)nc2n(C2CCOCC2)c1=O. The van der Waals surface area contributed by atoms with Gasteiger partial charge in [-0.1, -0.05) is 24.3 Å². The first kappa shape index (κ1) is 22.9. The number of benzene rings is 1. The fraction of sp³-hybridized carbons (Fsp3) is 0.458. The quantitative estimate of drug-likeness (QED) is 0.594. The van der Waals surface area contributed by atoms with Crippen LogP contribution in [0.2, 0.25) is 0 Å². The van der Waals surface area contributed by atoms with E-state index in [1.54, 1.807) is 6.20 Å². The van der Waals surface area contributed by atoms with Gasteiger partial charge in [0.15, 0.2) is 0 Å². The van der Waals surface area contributed by atoms with Crippen molar-refractivity contribution in [3.63, 3.8) is 0 Å². The van der Waals surface area contributed by atoms with Gasteiger partial charge in [-0.05, 0) is 43.4 Å². The Morgan fingerprint density at radius 1 is 1.12 bits per heavy atom. The molecule has 0 spiro atoms. The maximum absolute atomic E-state index is 13.8. The number of ether oxygens (including phenoxy) is 1. The summed E-state index contributed by atoms with van der Waals surface area (Å²) >= 11 is 0. The van der Waals surface area contributed by atoms with E-state index in [0.29, 0.717) is 49.9 Å². The lowest BCUT2D eigenvalue weighted by Crippen LogP contribution is -2.32. The molecule has 0 radical (unpaired) electrons. The van der Waals surface area contributed by atoms with E-state index in [0.717, 1.165) is 29.4 Å². The second kappa shape index (κ2) is 9.09. The molecule has 1 atom stereocenters. The van der Waals surface area contributed by atoms with Gasteiger partial charge in [0.1, 0.15) is 5.65 Å². The summed E-state index contributed by atoms with van der Waals surface area (Å²) < 4.78 is 32.5. The van der Waals surface area contributed by atoms with E-state index in [2.05, 4.69) is 10.3 Å². The van der Waals surface area contributed by atoms with Crippen molar-refractivity contribution >= 4 is 27.0 Å². The van der Waals surface area contributed by atoms with Gasteiger partial charge in [0.25, 0.3) is 5.56 Å². The van der Waals surface area contributed by atoms with Crippen molar-refractivity contribution in [1.82, 2.24) is 18.8 Å². The zero-order valence-corrected chi connectivity index (χ0v) is 20.2. The molecule has 2 saturated heterocycles. The van der Waals surface area contributed by atoms with Crippen molar-refractivity contribution in [3.05, 3.63) is 52.4 Å². The Morgan fingerprint density at radius 3 is 2.59 bits per heavy atom. The molecule has 0 aliphatic carbocycles. The van der Waals surface area contributed by atoms with Crippen molar-refractivity contribution in [2.75, 3.05) is 37.9 Å². The van der Waals surface area contributed by atoms with E-state index >= 15 is 0 Å². The lowest BCUT2D eigenvalue weighted by atomic mass is 10.00. The number of fused-ring (bicyclic) bond motifs is 1. The predicted octanol–water partition coefficient (Wildman–Crippen LogP) is 2.56. The molecule has 9 nitrogen and oxygen atoms in total. The Kier molecular flexibility index (Phi) is 6.13. The van der Waals surface area contributed by atoms with Gasteiger partial charge in [-0.2, -0.15) is 4.98 Å². The van der Waals surface area contributed by atoms with Crippen LogP contribution in [-0.2, 0) is 14.8 Å². The zero-order chi connectivity index (χ0) is 23.9. The Morgan fingerprint density at radius 2 is 1.88 bits per heavy atom. The maximum Gasteiger partial charge on any atom is 0.260 e. The van der Waals surface area contributed by atoms with E-state index in [1.165, 1.54) is 10.6 Å². The molecule has 1 N–H and O–H groups in total. The van der Waals surface area contributed by atoms with Crippen LogP contribution in [0.4, 0.5) is 5.95 Å². The molecule has 1 unspecified atom stereocenters. The number of aromatic nitrogens is 3. The zero-order valence-electron chi connectivity index (χ0n) is 19.4. The number of nitrogens with one attached hydrogen (secondary N) is 1. The number of hydrogen-bond acceptors (Lipinski definition) is 7. The summed E-state index contributed by atoms with van der Waals surface area (Å²) in [5.74, 6) is 0.400. The van der Waals surface area contributed by atoms with Gasteiger partial charge < -0.3 is 10.1 Å². The maximum atomic E-state index is 13.8. The average molecular weight is 484 g/mol. The fourth-order valence-corrected chi connectivity index (χ4v) is 5.76. The normalized spacial score (nSPS) is 20.1. The van der Waals surface area contributed by atoms with Crippen LogP contribution < -0.4 is 10.9 Å². The molecule has 2 aliphatic heterocycles. The molecule has 0 saturated carbocycles. The molecule has 3 aromatic rings. The molecule has 180 valence electrons. The molecule has 2 aromatic heterocycles. The van der Waals surface area contributed by atoms with Gasteiger partial charge in [-0.3, -0.25) is 9.36 Å². The van der Waals surface area contributed by atoms with Crippen LogP contribution in [0.15, 0.2) is 41.3 Å². The van der Waals surface area contributed by atoms with Gasteiger partial charge in [0.2, 0.25) is 16.0 Å². The predicted molar refractivity (Wildman–Crippen MR) is 132 cm³/mol. The Bertz CT molecular complexity index is 1380. The summed E-state index contributed by atoms with van der Waals surface area (Å²) in [5, 5.41) is 4.06. The number of nitrogens with zero attached hydrogens (tertiary/aromatic N) is 4. The molecule has 2 aliphatic rings. The molecule has 10 heteroatoms. The summed E-state index contributed by atoms with van der Waals surface area (Å²) in [5.41, 5.74) is 3.10. The monoisotopic (exact) mass is 483 g/mol. The molecular weight excluding hydrogens is 454 g/mol. The number of anilines is 1. The van der Waals surface area contributed by atoms with Crippen LogP contribution in [-0.4, -0.2) is 65.9 Å². The molecule has 2 fully saturated rings. The van der Waals surface area contributed by atoms with Crippen LogP contribution in [0.25, 0.3) is 22.2 Å². The van der Waals surface area contributed by atoms with Crippen LogP contribution in [0.1, 0.15) is 30.9 Å². The summed E-state index contributed by atoms with van der Waals surface area (Å²) in [4.78, 5) is 23.1. The Labute approximate surface area is 198 Å². The molecule has 1 aromatic carbocycles. The molecule has 4 heterocycles. The van der Waals surface area contributed by atoms with Gasteiger partial charge in [0, 0.05) is 55.5 Å². The van der Waals surface area contributed by atoms with Gasteiger partial charge in [-0.15, -0.1) is 0 Å². The highest BCUT2D eigenvalue weighted by Gasteiger charge is 2.29.